The van der Waals surface area contributed by atoms with E-state index in [0.717, 1.165) is 0 Å². The third-order valence-electron chi connectivity index (χ3n) is 3.19. The third kappa shape index (κ3) is 3.51. The molecular formula is C17H17NO4. The van der Waals surface area contributed by atoms with Crippen molar-refractivity contribution >= 4 is 11.9 Å². The molecular weight excluding hydrogens is 282 g/mol. The van der Waals surface area contributed by atoms with Crippen molar-refractivity contribution in [3.63, 3.8) is 0 Å². The zero-order valence-corrected chi connectivity index (χ0v) is 12.2. The summed E-state index contributed by atoms with van der Waals surface area (Å²) in [5, 5.41) is 0. The Labute approximate surface area is 128 Å². The molecule has 0 spiro atoms. The van der Waals surface area contributed by atoms with Crippen LogP contribution < -0.4 is 15.2 Å². The maximum Gasteiger partial charge on any atom is 0.343 e. The summed E-state index contributed by atoms with van der Waals surface area (Å²) in [4.78, 5) is 24.5. The quantitative estimate of drug-likeness (QED) is 0.520. The number of ether oxygens (including phenoxy) is 2. The van der Waals surface area contributed by atoms with E-state index in [1.54, 1.807) is 67.6 Å². The van der Waals surface area contributed by atoms with Gasteiger partial charge in [-0.05, 0) is 30.7 Å². The summed E-state index contributed by atoms with van der Waals surface area (Å²) in [6.07, 6.45) is 0.0599. The van der Waals surface area contributed by atoms with Crippen molar-refractivity contribution in [1.29, 1.82) is 0 Å². The zero-order chi connectivity index (χ0) is 16.0. The Bertz CT molecular complexity index is 587. The first-order valence-corrected chi connectivity index (χ1v) is 6.90. The summed E-state index contributed by atoms with van der Waals surface area (Å²) < 4.78 is 10.3. The number of para-hydroxylation sites is 2. The third-order valence-corrected chi connectivity index (χ3v) is 3.19. The van der Waals surface area contributed by atoms with Crippen LogP contribution in [0, 0.1) is 0 Å². The molecule has 0 unspecified atom stereocenters. The predicted molar refractivity (Wildman–Crippen MR) is 81.4 cm³/mol. The molecule has 114 valence electrons. The van der Waals surface area contributed by atoms with E-state index >= 15 is 0 Å². The molecule has 2 aromatic rings. The van der Waals surface area contributed by atoms with E-state index in [0.29, 0.717) is 11.5 Å². The average Bonchev–Trinajstić information content (AvgIpc) is 2.55. The number of hydrogen-bond donors (Lipinski definition) is 1. The molecule has 0 atom stereocenters. The summed E-state index contributed by atoms with van der Waals surface area (Å²) in [6.45, 7) is 1.62. The molecule has 0 aromatic heterocycles. The van der Waals surface area contributed by atoms with Gasteiger partial charge in [0.2, 0.25) is 5.54 Å². The van der Waals surface area contributed by atoms with Crippen molar-refractivity contribution in [3.05, 3.63) is 60.7 Å². The van der Waals surface area contributed by atoms with Crippen LogP contribution in [0.4, 0.5) is 0 Å². The maximum absolute atomic E-state index is 12.2. The molecule has 0 amide bonds. The highest BCUT2D eigenvalue weighted by molar-refractivity contribution is 6.06. The number of carbonyl (C=O) groups is 2. The van der Waals surface area contributed by atoms with E-state index in [2.05, 4.69) is 0 Å². The molecule has 0 fully saturated rings. The van der Waals surface area contributed by atoms with Gasteiger partial charge in [-0.2, -0.15) is 0 Å². The normalized spacial score (nSPS) is 10.8. The lowest BCUT2D eigenvalue weighted by Gasteiger charge is -2.23. The monoisotopic (exact) mass is 299 g/mol. The molecule has 5 nitrogen and oxygen atoms in total. The van der Waals surface area contributed by atoms with Gasteiger partial charge in [-0.3, -0.25) is 0 Å². The minimum absolute atomic E-state index is 0.0599. The van der Waals surface area contributed by atoms with Crippen molar-refractivity contribution in [1.82, 2.24) is 0 Å². The fourth-order valence-corrected chi connectivity index (χ4v) is 1.75. The van der Waals surface area contributed by atoms with Crippen molar-refractivity contribution in [2.75, 3.05) is 0 Å². The van der Waals surface area contributed by atoms with E-state index < -0.39 is 17.5 Å². The second kappa shape index (κ2) is 6.87. The van der Waals surface area contributed by atoms with Crippen LogP contribution in [0.2, 0.25) is 0 Å². The summed E-state index contributed by atoms with van der Waals surface area (Å²) in [5.74, 6) is -1.05. The molecule has 22 heavy (non-hydrogen) atoms. The Morgan fingerprint density at radius 2 is 1.23 bits per heavy atom. The van der Waals surface area contributed by atoms with Gasteiger partial charge in [0.1, 0.15) is 11.5 Å². The fourth-order valence-electron chi connectivity index (χ4n) is 1.75. The summed E-state index contributed by atoms with van der Waals surface area (Å²) >= 11 is 0. The molecule has 2 N–H and O–H groups in total. The highest BCUT2D eigenvalue weighted by Crippen LogP contribution is 2.18. The highest BCUT2D eigenvalue weighted by Gasteiger charge is 2.44. The van der Waals surface area contributed by atoms with Crippen LogP contribution in [0.15, 0.2) is 60.7 Å². The van der Waals surface area contributed by atoms with E-state index in [1.165, 1.54) is 0 Å². The number of esters is 2. The second-order valence-electron chi connectivity index (χ2n) is 4.73. The first-order valence-electron chi connectivity index (χ1n) is 6.90. The molecule has 0 heterocycles. The van der Waals surface area contributed by atoms with Crippen molar-refractivity contribution in [3.8, 4) is 11.5 Å². The Hall–Kier alpha value is -2.66. The smallest absolute Gasteiger partial charge is 0.343 e. The molecule has 0 aliphatic heterocycles. The zero-order valence-electron chi connectivity index (χ0n) is 12.2. The lowest BCUT2D eigenvalue weighted by molar-refractivity contribution is -0.153. The lowest BCUT2D eigenvalue weighted by Crippen LogP contribution is -2.58. The van der Waals surface area contributed by atoms with Gasteiger partial charge >= 0.3 is 11.9 Å². The van der Waals surface area contributed by atoms with Crippen LogP contribution in [0.3, 0.4) is 0 Å². The highest BCUT2D eigenvalue weighted by atomic mass is 16.6. The number of hydrogen-bond acceptors (Lipinski definition) is 5. The molecule has 2 aromatic carbocycles. The number of carbonyl (C=O) groups excluding carboxylic acids is 2. The molecule has 0 aliphatic carbocycles. The van der Waals surface area contributed by atoms with E-state index in [9.17, 15) is 9.59 Å². The number of benzene rings is 2. The molecule has 0 radical (unpaired) electrons. The van der Waals surface area contributed by atoms with Crippen LogP contribution >= 0.6 is 0 Å². The van der Waals surface area contributed by atoms with Gasteiger partial charge in [-0.15, -0.1) is 0 Å². The lowest BCUT2D eigenvalue weighted by atomic mass is 9.98. The van der Waals surface area contributed by atoms with Crippen molar-refractivity contribution < 1.29 is 19.1 Å². The fraction of sp³-hybridized carbons (Fsp3) is 0.176. The minimum Gasteiger partial charge on any atom is -0.425 e. The van der Waals surface area contributed by atoms with Crippen LogP contribution in [0.25, 0.3) is 0 Å². The Morgan fingerprint density at radius 1 is 0.864 bits per heavy atom. The van der Waals surface area contributed by atoms with Gasteiger partial charge in [0, 0.05) is 0 Å². The molecule has 0 saturated heterocycles. The van der Waals surface area contributed by atoms with Crippen LogP contribution in [0.1, 0.15) is 13.3 Å². The van der Waals surface area contributed by atoms with Crippen LogP contribution in [-0.2, 0) is 9.59 Å². The molecule has 2 rings (SSSR count). The van der Waals surface area contributed by atoms with Gasteiger partial charge < -0.3 is 15.2 Å². The van der Waals surface area contributed by atoms with Gasteiger partial charge in [-0.1, -0.05) is 43.3 Å². The average molecular weight is 299 g/mol. The Morgan fingerprint density at radius 3 is 1.55 bits per heavy atom. The summed E-state index contributed by atoms with van der Waals surface area (Å²) in [5.41, 5.74) is 4.08. The maximum atomic E-state index is 12.2. The van der Waals surface area contributed by atoms with Gasteiger partial charge in [0.05, 0.1) is 0 Å². The van der Waals surface area contributed by atoms with Crippen LogP contribution in [0.5, 0.6) is 11.5 Å². The summed E-state index contributed by atoms with van der Waals surface area (Å²) in [7, 11) is 0. The topological polar surface area (TPSA) is 78.6 Å². The molecule has 5 heteroatoms. The summed E-state index contributed by atoms with van der Waals surface area (Å²) in [6, 6.07) is 16.9. The standard InChI is InChI=1S/C17H17NO4/c1-2-17(18,15(19)21-13-9-5-3-6-10-13)16(20)22-14-11-7-4-8-12-14/h3-12H,2,18H2,1H3. The van der Waals surface area contributed by atoms with Gasteiger partial charge in [0.15, 0.2) is 0 Å². The predicted octanol–water partition coefficient (Wildman–Crippen LogP) is 2.31. The Kier molecular flexibility index (Phi) is 4.91. The molecule has 0 aliphatic rings. The number of nitrogens with two attached hydrogens (primary N) is 1. The van der Waals surface area contributed by atoms with Crippen LogP contribution in [-0.4, -0.2) is 17.5 Å². The largest absolute Gasteiger partial charge is 0.425 e. The van der Waals surface area contributed by atoms with Crippen molar-refractivity contribution in [2.24, 2.45) is 5.73 Å². The SMILES string of the molecule is CCC(N)(C(=O)Oc1ccccc1)C(=O)Oc1ccccc1. The van der Waals surface area contributed by atoms with Gasteiger partial charge in [-0.25, -0.2) is 9.59 Å². The van der Waals surface area contributed by atoms with Gasteiger partial charge in [0.25, 0.3) is 0 Å². The molecule has 0 bridgehead atoms. The first-order chi connectivity index (χ1) is 10.6. The Balaban J connectivity index is 2.13. The number of rotatable bonds is 5. The van der Waals surface area contributed by atoms with Crippen molar-refractivity contribution in [2.45, 2.75) is 18.9 Å². The first kappa shape index (κ1) is 15.7. The van der Waals surface area contributed by atoms with E-state index in [-0.39, 0.29) is 6.42 Å². The molecule has 0 saturated carbocycles. The minimum atomic E-state index is -1.86. The van der Waals surface area contributed by atoms with E-state index in [4.69, 9.17) is 15.2 Å². The second-order valence-corrected chi connectivity index (χ2v) is 4.73. The van der Waals surface area contributed by atoms with E-state index in [1.807, 2.05) is 0 Å².